The molecule has 1 atom stereocenters. The second-order valence-corrected chi connectivity index (χ2v) is 15.4. The number of thioether (sulfide) groups is 1. The van der Waals surface area contributed by atoms with Crippen LogP contribution >= 0.6 is 17.8 Å². The van der Waals surface area contributed by atoms with Gasteiger partial charge in [-0.3, -0.25) is 4.90 Å². The Hall–Kier alpha value is -3.25. The molecule has 0 N–H and O–H groups in total. The minimum absolute atomic E-state index is 0.340. The quantitative estimate of drug-likeness (QED) is 0.176. The van der Waals surface area contributed by atoms with Gasteiger partial charge in [-0.15, -0.1) is 0 Å². The van der Waals surface area contributed by atoms with Crippen molar-refractivity contribution in [1.29, 1.82) is 0 Å². The Bertz CT molecular complexity index is 1610. The second kappa shape index (κ2) is 12.5. The summed E-state index contributed by atoms with van der Waals surface area (Å²) < 4.78 is 11.3. The zero-order chi connectivity index (χ0) is 29.0. The van der Waals surface area contributed by atoms with Gasteiger partial charge in [0, 0.05) is 29.3 Å². The summed E-state index contributed by atoms with van der Waals surface area (Å²) in [7, 11) is 1.46. The number of morpholine rings is 1. The fourth-order valence-electron chi connectivity index (χ4n) is 6.04. The van der Waals surface area contributed by atoms with Crippen molar-refractivity contribution in [2.45, 2.75) is 5.54 Å². The van der Waals surface area contributed by atoms with Crippen LogP contribution in [0.5, 0.6) is 0 Å². The zero-order valence-electron chi connectivity index (χ0n) is 23.4. The Kier molecular flexibility index (Phi) is 8.62. The smallest absolute Gasteiger partial charge is 0.336 e. The van der Waals surface area contributed by atoms with Crippen molar-refractivity contribution in [2.75, 3.05) is 33.4 Å². The molecule has 0 radical (unpaired) electrons. The fourth-order valence-corrected chi connectivity index (χ4v) is 12.3. The number of benzene rings is 4. The van der Waals surface area contributed by atoms with Crippen LogP contribution in [0, 0.1) is 0 Å². The Labute approximate surface area is 257 Å². The number of carbonyl (C=O) groups excluding carboxylic acids is 1. The van der Waals surface area contributed by atoms with Gasteiger partial charge in [-0.25, -0.2) is 4.79 Å². The summed E-state index contributed by atoms with van der Waals surface area (Å²) in [6.45, 7) is 2.48. The van der Waals surface area contributed by atoms with E-state index in [-0.39, 0.29) is 5.97 Å². The first-order valence-corrected chi connectivity index (χ1v) is 17.7. The lowest BCUT2D eigenvalue weighted by Gasteiger charge is -2.46. The first-order valence-electron chi connectivity index (χ1n) is 14.0. The molecular formula is C35H32NO3PS2. The normalized spacial score (nSPS) is 20.5. The molecule has 1 fully saturated rings. The molecule has 0 spiro atoms. The van der Waals surface area contributed by atoms with Crippen molar-refractivity contribution < 1.29 is 14.3 Å². The molecule has 1 unspecified atom stereocenters. The Morgan fingerprint density at radius 2 is 1.31 bits per heavy atom. The zero-order valence-corrected chi connectivity index (χ0v) is 25.9. The van der Waals surface area contributed by atoms with Gasteiger partial charge in [-0.05, 0) is 27.1 Å². The largest absolute Gasteiger partial charge is 0.466 e. The fraction of sp³-hybridized carbons (Fsp3) is 0.171. The summed E-state index contributed by atoms with van der Waals surface area (Å²) in [5.41, 5.74) is 1.78. The Balaban J connectivity index is 1.79. The lowest BCUT2D eigenvalue weighted by atomic mass is 9.80. The number of hydrogen-bond donors (Lipinski definition) is 0. The van der Waals surface area contributed by atoms with Gasteiger partial charge in [-0.2, -0.15) is 0 Å². The van der Waals surface area contributed by atoms with Gasteiger partial charge in [0.15, 0.2) is 0 Å². The van der Waals surface area contributed by atoms with Crippen LogP contribution in [0.1, 0.15) is 11.1 Å². The number of nitrogens with zero attached hydrogens (tertiary/aromatic N) is 1. The first kappa shape index (κ1) is 28.9. The van der Waals surface area contributed by atoms with Crippen molar-refractivity contribution in [1.82, 2.24) is 4.90 Å². The SMILES string of the molecule is COC(=O)C1=CS/C(=C(\c2ccccc2)P(=S)(c2ccccc2)c2ccccc2)C1(c1ccccc1)N1CCOCC1. The van der Waals surface area contributed by atoms with Crippen molar-refractivity contribution >= 4 is 51.5 Å². The second-order valence-electron chi connectivity index (χ2n) is 10.1. The summed E-state index contributed by atoms with van der Waals surface area (Å²) in [5, 5.41) is 5.29. The van der Waals surface area contributed by atoms with Crippen LogP contribution in [-0.2, 0) is 31.6 Å². The lowest BCUT2D eigenvalue weighted by Crippen LogP contribution is -2.53. The van der Waals surface area contributed by atoms with E-state index in [0.717, 1.165) is 32.0 Å². The van der Waals surface area contributed by atoms with Crippen molar-refractivity contribution in [3.05, 3.63) is 148 Å². The predicted molar refractivity (Wildman–Crippen MR) is 178 cm³/mol. The molecule has 2 aliphatic heterocycles. The molecule has 2 aliphatic rings. The molecule has 4 aromatic rings. The van der Waals surface area contributed by atoms with E-state index in [1.807, 2.05) is 41.8 Å². The average molecular weight is 610 g/mol. The number of methoxy groups -OCH3 is 1. The van der Waals surface area contributed by atoms with E-state index in [1.54, 1.807) is 11.8 Å². The lowest BCUT2D eigenvalue weighted by molar-refractivity contribution is -0.138. The highest BCUT2D eigenvalue weighted by Gasteiger charge is 2.54. The molecule has 4 nitrogen and oxygen atoms in total. The van der Waals surface area contributed by atoms with Gasteiger partial charge in [0.1, 0.15) is 5.54 Å². The molecule has 7 heteroatoms. The third-order valence-electron chi connectivity index (χ3n) is 7.91. The molecule has 42 heavy (non-hydrogen) atoms. The molecule has 0 aliphatic carbocycles. The number of hydrogen-bond acceptors (Lipinski definition) is 6. The van der Waals surface area contributed by atoms with Crippen LogP contribution in [0.15, 0.2) is 137 Å². The van der Waals surface area contributed by atoms with E-state index in [1.165, 1.54) is 7.11 Å². The molecule has 2 heterocycles. The summed E-state index contributed by atoms with van der Waals surface area (Å²) in [6, 6.07) is 39.1. The molecule has 0 aromatic heterocycles. The number of ether oxygens (including phenoxy) is 2. The summed E-state index contributed by atoms with van der Waals surface area (Å²) in [6.07, 6.45) is 0. The molecule has 1 saturated heterocycles. The van der Waals surface area contributed by atoms with Crippen LogP contribution in [-0.4, -0.2) is 44.3 Å². The highest BCUT2D eigenvalue weighted by Crippen LogP contribution is 2.66. The van der Waals surface area contributed by atoms with Crippen LogP contribution in [0.4, 0.5) is 0 Å². The summed E-state index contributed by atoms with van der Waals surface area (Å²) in [4.78, 5) is 17.2. The maximum absolute atomic E-state index is 13.7. The van der Waals surface area contributed by atoms with E-state index in [9.17, 15) is 4.79 Å². The predicted octanol–water partition coefficient (Wildman–Crippen LogP) is 6.52. The van der Waals surface area contributed by atoms with Gasteiger partial charge in [0.05, 0.1) is 25.9 Å². The van der Waals surface area contributed by atoms with Crippen LogP contribution in [0.2, 0.25) is 0 Å². The maximum atomic E-state index is 13.7. The monoisotopic (exact) mass is 609 g/mol. The van der Waals surface area contributed by atoms with Gasteiger partial charge in [0.2, 0.25) is 0 Å². The number of esters is 1. The van der Waals surface area contributed by atoms with Crippen LogP contribution in [0.25, 0.3) is 5.31 Å². The van der Waals surface area contributed by atoms with Crippen molar-refractivity contribution in [2.24, 2.45) is 0 Å². The van der Waals surface area contributed by atoms with E-state index in [4.69, 9.17) is 21.3 Å². The molecule has 212 valence electrons. The first-order chi connectivity index (χ1) is 20.6. The summed E-state index contributed by atoms with van der Waals surface area (Å²) in [5.74, 6) is -0.340. The highest BCUT2D eigenvalue weighted by molar-refractivity contribution is 8.27. The van der Waals surface area contributed by atoms with Crippen LogP contribution in [0.3, 0.4) is 0 Å². The van der Waals surface area contributed by atoms with E-state index in [2.05, 4.69) is 89.8 Å². The standard InChI is InChI=1S/C35H32NO3PS2/c1-38-34(37)31-26-42-33(35(31,28-16-8-3-9-17-28)36-22-24-39-25-23-36)32(27-14-6-2-7-15-27)40(41,29-18-10-4-11-19-29)30-20-12-5-13-21-30/h2-21,26H,22-25H2,1H3/b33-32+. The van der Waals surface area contributed by atoms with E-state index < -0.39 is 11.6 Å². The number of carbonyl (C=O) groups is 1. The summed E-state index contributed by atoms with van der Waals surface area (Å²) >= 11 is 8.62. The minimum atomic E-state index is -2.67. The number of rotatable bonds is 7. The molecule has 6 rings (SSSR count). The third-order valence-corrected chi connectivity index (χ3v) is 14.1. The van der Waals surface area contributed by atoms with E-state index >= 15 is 0 Å². The average Bonchev–Trinajstić information content (AvgIpc) is 3.47. The maximum Gasteiger partial charge on any atom is 0.336 e. The van der Waals surface area contributed by atoms with Gasteiger partial charge < -0.3 is 9.47 Å². The van der Waals surface area contributed by atoms with Gasteiger partial charge in [-0.1, -0.05) is 145 Å². The molecule has 4 aromatic carbocycles. The van der Waals surface area contributed by atoms with Gasteiger partial charge >= 0.3 is 5.97 Å². The van der Waals surface area contributed by atoms with Crippen molar-refractivity contribution in [3.8, 4) is 0 Å². The highest BCUT2D eigenvalue weighted by atomic mass is 32.4. The van der Waals surface area contributed by atoms with Gasteiger partial charge in [0.25, 0.3) is 0 Å². The molecule has 0 saturated carbocycles. The third kappa shape index (κ3) is 4.92. The van der Waals surface area contributed by atoms with E-state index in [0.29, 0.717) is 31.9 Å². The Morgan fingerprint density at radius 1 is 0.810 bits per heavy atom. The molecule has 0 bridgehead atoms. The molecule has 0 amide bonds. The Morgan fingerprint density at radius 3 is 1.83 bits per heavy atom. The molecular weight excluding hydrogens is 577 g/mol. The minimum Gasteiger partial charge on any atom is -0.466 e. The van der Waals surface area contributed by atoms with Crippen molar-refractivity contribution in [3.63, 3.8) is 0 Å². The topological polar surface area (TPSA) is 38.8 Å². The van der Waals surface area contributed by atoms with Crippen LogP contribution < -0.4 is 10.6 Å².